The third kappa shape index (κ3) is 4.96. The zero-order chi connectivity index (χ0) is 13.4. The molecule has 2 N–H and O–H groups in total. The van der Waals surface area contributed by atoms with Crippen LogP contribution >= 0.6 is 0 Å². The summed E-state index contributed by atoms with van der Waals surface area (Å²) in [5, 5.41) is 11.4. The molecule has 2 nitrogen and oxygen atoms in total. The van der Waals surface area contributed by atoms with Crippen LogP contribution in [0, 0.1) is 0 Å². The lowest BCUT2D eigenvalue weighted by Crippen LogP contribution is -2.11. The lowest BCUT2D eigenvalue weighted by atomic mass is 10.1. The highest BCUT2D eigenvalue weighted by Crippen LogP contribution is 2.34. The van der Waals surface area contributed by atoms with Gasteiger partial charge >= 0.3 is 6.18 Å². The molecule has 0 unspecified atom stereocenters. The van der Waals surface area contributed by atoms with Crippen LogP contribution in [0.5, 0.6) is 0 Å². The maximum Gasteiger partial charge on any atom is 0.418 e. The fourth-order valence-electron chi connectivity index (χ4n) is 1.70. The van der Waals surface area contributed by atoms with Crippen LogP contribution < -0.4 is 5.32 Å². The summed E-state index contributed by atoms with van der Waals surface area (Å²) in [7, 11) is 0. The lowest BCUT2D eigenvalue weighted by molar-refractivity contribution is -0.136. The van der Waals surface area contributed by atoms with E-state index in [9.17, 15) is 13.2 Å². The number of benzene rings is 1. The van der Waals surface area contributed by atoms with Crippen molar-refractivity contribution in [3.63, 3.8) is 0 Å². The van der Waals surface area contributed by atoms with Gasteiger partial charge in [0.2, 0.25) is 0 Å². The molecule has 0 aliphatic carbocycles. The Balaban J connectivity index is 2.43. The predicted molar refractivity (Wildman–Crippen MR) is 65.5 cm³/mol. The molecule has 1 rings (SSSR count). The monoisotopic (exact) mass is 261 g/mol. The number of halogens is 3. The van der Waals surface area contributed by atoms with E-state index in [1.807, 2.05) is 0 Å². The molecule has 0 amide bonds. The molecular weight excluding hydrogens is 243 g/mol. The average molecular weight is 261 g/mol. The molecular formula is C13H18F3NO. The van der Waals surface area contributed by atoms with Crippen LogP contribution in [-0.2, 0) is 6.18 Å². The van der Waals surface area contributed by atoms with E-state index in [0.717, 1.165) is 31.7 Å². The molecule has 0 fully saturated rings. The smallest absolute Gasteiger partial charge is 0.396 e. The first-order valence-electron chi connectivity index (χ1n) is 6.06. The van der Waals surface area contributed by atoms with E-state index in [1.165, 1.54) is 12.1 Å². The summed E-state index contributed by atoms with van der Waals surface area (Å²) >= 11 is 0. The van der Waals surface area contributed by atoms with Crippen LogP contribution in [-0.4, -0.2) is 18.3 Å². The number of hydrogen-bond acceptors (Lipinski definition) is 2. The molecule has 0 bridgehead atoms. The van der Waals surface area contributed by atoms with Crippen molar-refractivity contribution in [2.75, 3.05) is 18.5 Å². The minimum absolute atomic E-state index is 0.132. The minimum atomic E-state index is -4.32. The van der Waals surface area contributed by atoms with Crippen molar-refractivity contribution < 1.29 is 18.3 Å². The molecule has 0 saturated carbocycles. The number of aliphatic hydroxyl groups is 1. The molecule has 0 atom stereocenters. The Hall–Kier alpha value is -1.23. The highest BCUT2D eigenvalue weighted by Gasteiger charge is 2.32. The topological polar surface area (TPSA) is 32.3 Å². The van der Waals surface area contributed by atoms with Crippen molar-refractivity contribution >= 4 is 5.69 Å². The van der Waals surface area contributed by atoms with Crippen molar-refractivity contribution in [3.8, 4) is 0 Å². The second-order valence-corrected chi connectivity index (χ2v) is 4.11. The summed E-state index contributed by atoms with van der Waals surface area (Å²) in [4.78, 5) is 0. The molecule has 0 saturated heterocycles. The molecule has 0 radical (unpaired) electrons. The molecule has 0 spiro atoms. The van der Waals surface area contributed by atoms with Crippen molar-refractivity contribution in [2.45, 2.75) is 31.9 Å². The van der Waals surface area contributed by atoms with E-state index in [0.29, 0.717) is 6.54 Å². The van der Waals surface area contributed by atoms with Gasteiger partial charge in [0.15, 0.2) is 0 Å². The van der Waals surface area contributed by atoms with Crippen molar-refractivity contribution in [3.05, 3.63) is 29.8 Å². The number of nitrogens with one attached hydrogen (secondary N) is 1. The lowest BCUT2D eigenvalue weighted by Gasteiger charge is -2.14. The molecule has 0 aliphatic heterocycles. The van der Waals surface area contributed by atoms with Crippen molar-refractivity contribution in [1.29, 1.82) is 0 Å². The first-order chi connectivity index (χ1) is 8.55. The number of para-hydroxylation sites is 1. The first kappa shape index (κ1) is 14.8. The van der Waals surface area contributed by atoms with Crippen LogP contribution in [0.15, 0.2) is 24.3 Å². The molecule has 18 heavy (non-hydrogen) atoms. The molecule has 102 valence electrons. The number of alkyl halides is 3. The summed E-state index contributed by atoms with van der Waals surface area (Å²) in [5.41, 5.74) is -0.493. The molecule has 0 aliphatic rings. The molecule has 5 heteroatoms. The SMILES string of the molecule is OCCCCCCNc1ccccc1C(F)(F)F. The maximum absolute atomic E-state index is 12.7. The molecule has 1 aromatic carbocycles. The Kier molecular flexibility index (Phi) is 5.98. The van der Waals surface area contributed by atoms with Gasteiger partial charge in [-0.25, -0.2) is 0 Å². The number of hydrogen-bond donors (Lipinski definition) is 2. The summed E-state index contributed by atoms with van der Waals surface area (Å²) in [6.45, 7) is 0.683. The Morgan fingerprint density at radius 1 is 1.00 bits per heavy atom. The summed E-state index contributed by atoms with van der Waals surface area (Å²) in [5.74, 6) is 0. The average Bonchev–Trinajstić information content (AvgIpc) is 2.33. The van der Waals surface area contributed by atoms with Crippen LogP contribution in [0.1, 0.15) is 31.2 Å². The highest BCUT2D eigenvalue weighted by molar-refractivity contribution is 5.52. The third-order valence-corrected chi connectivity index (χ3v) is 2.63. The van der Waals surface area contributed by atoms with Gasteiger partial charge in [-0.2, -0.15) is 13.2 Å². The summed E-state index contributed by atoms with van der Waals surface area (Å²) in [6.07, 6.45) is -0.966. The van der Waals surface area contributed by atoms with E-state index in [-0.39, 0.29) is 12.3 Å². The van der Waals surface area contributed by atoms with E-state index in [2.05, 4.69) is 5.32 Å². The fourth-order valence-corrected chi connectivity index (χ4v) is 1.70. The quantitative estimate of drug-likeness (QED) is 0.734. The fraction of sp³-hybridized carbons (Fsp3) is 0.538. The summed E-state index contributed by atoms with van der Waals surface area (Å²) in [6, 6.07) is 5.49. The van der Waals surface area contributed by atoms with Crippen LogP contribution in [0.2, 0.25) is 0 Å². The van der Waals surface area contributed by atoms with Gasteiger partial charge in [-0.15, -0.1) is 0 Å². The van der Waals surface area contributed by atoms with Crippen LogP contribution in [0.4, 0.5) is 18.9 Å². The largest absolute Gasteiger partial charge is 0.418 e. The highest BCUT2D eigenvalue weighted by atomic mass is 19.4. The molecule has 1 aromatic rings. The Bertz CT molecular complexity index is 352. The van der Waals surface area contributed by atoms with Gasteiger partial charge in [0, 0.05) is 18.8 Å². The zero-order valence-electron chi connectivity index (χ0n) is 10.1. The third-order valence-electron chi connectivity index (χ3n) is 2.63. The van der Waals surface area contributed by atoms with Crippen LogP contribution in [0.25, 0.3) is 0 Å². The number of rotatable bonds is 7. The Morgan fingerprint density at radius 3 is 2.33 bits per heavy atom. The maximum atomic E-state index is 12.7. The van der Waals surface area contributed by atoms with Gasteiger partial charge in [0.1, 0.15) is 0 Å². The van der Waals surface area contributed by atoms with Gasteiger partial charge < -0.3 is 10.4 Å². The predicted octanol–water partition coefficient (Wildman–Crippen LogP) is 3.67. The van der Waals surface area contributed by atoms with Crippen molar-refractivity contribution in [1.82, 2.24) is 0 Å². The number of unbranched alkanes of at least 4 members (excludes halogenated alkanes) is 3. The summed E-state index contributed by atoms with van der Waals surface area (Å²) < 4.78 is 38.0. The Morgan fingerprint density at radius 2 is 1.67 bits per heavy atom. The second kappa shape index (κ2) is 7.26. The van der Waals surface area contributed by atoms with Gasteiger partial charge in [-0.3, -0.25) is 0 Å². The molecule has 0 aromatic heterocycles. The van der Waals surface area contributed by atoms with E-state index < -0.39 is 11.7 Å². The van der Waals surface area contributed by atoms with Gasteiger partial charge in [0.25, 0.3) is 0 Å². The zero-order valence-corrected chi connectivity index (χ0v) is 10.1. The van der Waals surface area contributed by atoms with E-state index >= 15 is 0 Å². The minimum Gasteiger partial charge on any atom is -0.396 e. The first-order valence-corrected chi connectivity index (χ1v) is 6.06. The van der Waals surface area contributed by atoms with E-state index in [4.69, 9.17) is 5.11 Å². The van der Waals surface area contributed by atoms with Crippen molar-refractivity contribution in [2.24, 2.45) is 0 Å². The van der Waals surface area contributed by atoms with Crippen LogP contribution in [0.3, 0.4) is 0 Å². The molecule has 0 heterocycles. The number of aliphatic hydroxyl groups excluding tert-OH is 1. The van der Waals surface area contributed by atoms with Gasteiger partial charge in [0.05, 0.1) is 5.56 Å². The standard InChI is InChI=1S/C13H18F3NO/c14-13(15,16)11-7-3-4-8-12(11)17-9-5-1-2-6-10-18/h3-4,7-8,17-18H,1-2,5-6,9-10H2. The second-order valence-electron chi connectivity index (χ2n) is 4.11. The number of anilines is 1. The van der Waals surface area contributed by atoms with E-state index in [1.54, 1.807) is 6.07 Å². The normalized spacial score (nSPS) is 11.6. The Labute approximate surface area is 105 Å². The van der Waals surface area contributed by atoms with Gasteiger partial charge in [-0.05, 0) is 25.0 Å². The van der Waals surface area contributed by atoms with Gasteiger partial charge in [-0.1, -0.05) is 25.0 Å².